The molecule has 2 N–H and O–H groups in total. The summed E-state index contributed by atoms with van der Waals surface area (Å²) in [5.41, 5.74) is 5.14. The minimum absolute atomic E-state index is 0. The average Bonchev–Trinajstić information content (AvgIpc) is 2.80. The molecular weight excluding hydrogens is 260 g/mol. The highest BCUT2D eigenvalue weighted by Crippen LogP contribution is 2.75. The van der Waals surface area contributed by atoms with Crippen LogP contribution < -0.4 is 5.73 Å². The predicted octanol–water partition coefficient (Wildman–Crippen LogP) is 2.99. The summed E-state index contributed by atoms with van der Waals surface area (Å²) in [5.74, 6) is -2.64. The first-order valence-electron chi connectivity index (χ1n) is 6.79. The van der Waals surface area contributed by atoms with Crippen molar-refractivity contribution in [3.63, 3.8) is 0 Å². The van der Waals surface area contributed by atoms with Crippen LogP contribution in [0.4, 0.5) is 8.78 Å². The minimum atomic E-state index is -2.44. The number of alkyl halides is 2. The minimum Gasteiger partial charge on any atom is -0.381 e. The Balaban J connectivity index is 0.00000120. The van der Waals surface area contributed by atoms with Crippen molar-refractivity contribution in [3.05, 3.63) is 0 Å². The van der Waals surface area contributed by atoms with E-state index in [0.717, 1.165) is 25.7 Å². The van der Waals surface area contributed by atoms with Gasteiger partial charge in [0, 0.05) is 30.6 Å². The van der Waals surface area contributed by atoms with Crippen molar-refractivity contribution in [2.45, 2.75) is 50.5 Å². The smallest absolute Gasteiger partial charge is 0.257 e. The van der Waals surface area contributed by atoms with Crippen molar-refractivity contribution in [1.29, 1.82) is 0 Å². The van der Waals surface area contributed by atoms with Gasteiger partial charge in [-0.3, -0.25) is 0 Å². The van der Waals surface area contributed by atoms with Crippen LogP contribution in [0, 0.1) is 17.3 Å². The standard InChI is InChI=1S/C13H21F2NO.ClH/c14-13(15)11(9-3-7-17-8-4-9)12(13)5-1-10(16)2-6-12;/h9-11H,1-8,16H2;1H. The van der Waals surface area contributed by atoms with Crippen LogP contribution in [-0.2, 0) is 4.74 Å². The highest BCUT2D eigenvalue weighted by molar-refractivity contribution is 5.85. The molecule has 106 valence electrons. The normalized spacial score (nSPS) is 43.5. The summed E-state index contributed by atoms with van der Waals surface area (Å²) in [5, 5.41) is 0. The van der Waals surface area contributed by atoms with E-state index in [1.54, 1.807) is 0 Å². The first kappa shape index (κ1) is 14.5. The maximum Gasteiger partial charge on any atom is 0.257 e. The molecule has 0 bridgehead atoms. The number of nitrogens with two attached hydrogens (primary N) is 1. The molecule has 1 aliphatic heterocycles. The molecule has 18 heavy (non-hydrogen) atoms. The number of rotatable bonds is 1. The maximum atomic E-state index is 14.2. The van der Waals surface area contributed by atoms with E-state index in [-0.39, 0.29) is 30.3 Å². The monoisotopic (exact) mass is 281 g/mol. The number of halogens is 3. The highest BCUT2D eigenvalue weighted by atomic mass is 35.5. The molecule has 1 saturated heterocycles. The molecule has 5 heteroatoms. The van der Waals surface area contributed by atoms with E-state index in [0.29, 0.717) is 26.1 Å². The van der Waals surface area contributed by atoms with Gasteiger partial charge >= 0.3 is 0 Å². The Hall–Kier alpha value is 0.0700. The molecule has 0 aromatic heterocycles. The van der Waals surface area contributed by atoms with Crippen LogP contribution in [-0.4, -0.2) is 25.2 Å². The van der Waals surface area contributed by atoms with Crippen molar-refractivity contribution in [2.75, 3.05) is 13.2 Å². The second-order valence-electron chi connectivity index (χ2n) is 6.04. The molecule has 3 rings (SSSR count). The van der Waals surface area contributed by atoms with Gasteiger partial charge in [0.25, 0.3) is 5.92 Å². The SMILES string of the molecule is Cl.NC1CCC2(CC1)C(C1CCOCC1)C2(F)F. The fraction of sp³-hybridized carbons (Fsp3) is 1.00. The van der Waals surface area contributed by atoms with E-state index < -0.39 is 11.3 Å². The molecular formula is C13H22ClF2NO. The van der Waals surface area contributed by atoms with Gasteiger partial charge in [-0.1, -0.05) is 0 Å². The highest BCUT2D eigenvalue weighted by Gasteiger charge is 2.80. The van der Waals surface area contributed by atoms with E-state index in [4.69, 9.17) is 10.5 Å². The molecule has 1 unspecified atom stereocenters. The third-order valence-electron chi connectivity index (χ3n) is 5.23. The molecule has 3 aliphatic rings. The van der Waals surface area contributed by atoms with Gasteiger partial charge in [0.2, 0.25) is 0 Å². The predicted molar refractivity (Wildman–Crippen MR) is 68.1 cm³/mol. The van der Waals surface area contributed by atoms with Crippen LogP contribution in [0.5, 0.6) is 0 Å². The molecule has 0 amide bonds. The van der Waals surface area contributed by atoms with E-state index in [1.165, 1.54) is 0 Å². The fourth-order valence-electron chi connectivity index (χ4n) is 4.14. The largest absolute Gasteiger partial charge is 0.381 e. The molecule has 1 heterocycles. The van der Waals surface area contributed by atoms with Gasteiger partial charge in [0.05, 0.1) is 0 Å². The van der Waals surface area contributed by atoms with Gasteiger partial charge in [-0.15, -0.1) is 12.4 Å². The summed E-state index contributed by atoms with van der Waals surface area (Å²) in [4.78, 5) is 0. The fourth-order valence-corrected chi connectivity index (χ4v) is 4.14. The van der Waals surface area contributed by atoms with Crippen LogP contribution in [0.3, 0.4) is 0 Å². The molecule has 2 nitrogen and oxygen atoms in total. The van der Waals surface area contributed by atoms with E-state index in [1.807, 2.05) is 0 Å². The lowest BCUT2D eigenvalue weighted by Gasteiger charge is -2.29. The quantitative estimate of drug-likeness (QED) is 0.802. The summed E-state index contributed by atoms with van der Waals surface area (Å²) in [6.45, 7) is 1.32. The third-order valence-corrected chi connectivity index (χ3v) is 5.23. The summed E-state index contributed by atoms with van der Waals surface area (Å²) in [6.07, 6.45) is 4.43. The second-order valence-corrected chi connectivity index (χ2v) is 6.04. The van der Waals surface area contributed by atoms with Gasteiger partial charge in [-0.2, -0.15) is 0 Å². The van der Waals surface area contributed by atoms with Crippen LogP contribution >= 0.6 is 12.4 Å². The number of ether oxygens (including phenoxy) is 1. The van der Waals surface area contributed by atoms with Crippen LogP contribution in [0.15, 0.2) is 0 Å². The lowest BCUT2D eigenvalue weighted by molar-refractivity contribution is 0.0229. The van der Waals surface area contributed by atoms with Gasteiger partial charge in [0.1, 0.15) is 0 Å². The van der Waals surface area contributed by atoms with Crippen molar-refractivity contribution < 1.29 is 13.5 Å². The van der Waals surface area contributed by atoms with Crippen molar-refractivity contribution in [2.24, 2.45) is 23.0 Å². The lowest BCUT2D eigenvalue weighted by Crippen LogP contribution is -2.30. The molecule has 0 radical (unpaired) electrons. The van der Waals surface area contributed by atoms with E-state index >= 15 is 0 Å². The zero-order valence-corrected chi connectivity index (χ0v) is 11.4. The maximum absolute atomic E-state index is 14.2. The summed E-state index contributed by atoms with van der Waals surface area (Å²) >= 11 is 0. The average molecular weight is 282 g/mol. The van der Waals surface area contributed by atoms with Gasteiger partial charge in [-0.05, 0) is 44.4 Å². The first-order valence-corrected chi connectivity index (χ1v) is 6.79. The Morgan fingerprint density at radius 1 is 1.00 bits per heavy atom. The Morgan fingerprint density at radius 2 is 1.56 bits per heavy atom. The van der Waals surface area contributed by atoms with Gasteiger partial charge in [-0.25, -0.2) is 8.78 Å². The second kappa shape index (κ2) is 4.88. The molecule has 1 atom stereocenters. The lowest BCUT2D eigenvalue weighted by atomic mass is 9.78. The summed E-state index contributed by atoms with van der Waals surface area (Å²) in [7, 11) is 0. The van der Waals surface area contributed by atoms with E-state index in [9.17, 15) is 8.78 Å². The van der Waals surface area contributed by atoms with Crippen LogP contribution in [0.25, 0.3) is 0 Å². The van der Waals surface area contributed by atoms with Gasteiger partial charge in [0.15, 0.2) is 0 Å². The van der Waals surface area contributed by atoms with Crippen molar-refractivity contribution in [1.82, 2.24) is 0 Å². The molecule has 3 fully saturated rings. The van der Waals surface area contributed by atoms with E-state index in [2.05, 4.69) is 0 Å². The Kier molecular flexibility index (Phi) is 3.92. The van der Waals surface area contributed by atoms with Crippen molar-refractivity contribution >= 4 is 12.4 Å². The third kappa shape index (κ3) is 1.97. The molecule has 1 spiro atoms. The number of hydrogen-bond acceptors (Lipinski definition) is 2. The number of hydrogen-bond donors (Lipinski definition) is 1. The Morgan fingerprint density at radius 3 is 2.11 bits per heavy atom. The van der Waals surface area contributed by atoms with Gasteiger partial charge < -0.3 is 10.5 Å². The summed E-state index contributed by atoms with van der Waals surface area (Å²) < 4.78 is 33.6. The van der Waals surface area contributed by atoms with Crippen molar-refractivity contribution in [3.8, 4) is 0 Å². The Bertz CT molecular complexity index is 299. The Labute approximate surface area is 113 Å². The topological polar surface area (TPSA) is 35.2 Å². The first-order chi connectivity index (χ1) is 8.08. The summed E-state index contributed by atoms with van der Waals surface area (Å²) in [6, 6.07) is 0.146. The zero-order chi connectivity index (χ0) is 12.1. The molecule has 2 aliphatic carbocycles. The molecule has 0 aromatic carbocycles. The van der Waals surface area contributed by atoms with Crippen LogP contribution in [0.1, 0.15) is 38.5 Å². The molecule has 2 saturated carbocycles. The molecule has 0 aromatic rings. The zero-order valence-electron chi connectivity index (χ0n) is 10.5. The van der Waals surface area contributed by atoms with Crippen LogP contribution in [0.2, 0.25) is 0 Å².